The molecule has 1 aliphatic heterocycles. The van der Waals surface area contributed by atoms with Crippen LogP contribution in [-0.2, 0) is 0 Å². The molecule has 0 aromatic rings. The standard InChI is InChI=1S/C11H23NO/c1-2-3-4-5-6-10-9-12-8-7-11(10)13/h10-13H,2-9H2,1H3. The summed E-state index contributed by atoms with van der Waals surface area (Å²) in [5.41, 5.74) is 0. The van der Waals surface area contributed by atoms with Crippen molar-refractivity contribution in [1.82, 2.24) is 5.32 Å². The summed E-state index contributed by atoms with van der Waals surface area (Å²) in [7, 11) is 0. The van der Waals surface area contributed by atoms with E-state index in [0.29, 0.717) is 5.92 Å². The number of hydrogen-bond acceptors (Lipinski definition) is 2. The van der Waals surface area contributed by atoms with E-state index >= 15 is 0 Å². The molecule has 2 unspecified atom stereocenters. The Morgan fingerprint density at radius 1 is 1.31 bits per heavy atom. The first-order valence-corrected chi connectivity index (χ1v) is 5.73. The lowest BCUT2D eigenvalue weighted by molar-refractivity contribution is 0.0731. The lowest BCUT2D eigenvalue weighted by Crippen LogP contribution is -2.39. The number of aliphatic hydroxyl groups excluding tert-OH is 1. The van der Waals surface area contributed by atoms with Gasteiger partial charge in [0, 0.05) is 6.54 Å². The summed E-state index contributed by atoms with van der Waals surface area (Å²) >= 11 is 0. The Morgan fingerprint density at radius 2 is 2.15 bits per heavy atom. The molecule has 1 heterocycles. The molecular weight excluding hydrogens is 162 g/mol. The quantitative estimate of drug-likeness (QED) is 0.641. The van der Waals surface area contributed by atoms with Gasteiger partial charge in [-0.15, -0.1) is 0 Å². The van der Waals surface area contributed by atoms with Gasteiger partial charge in [-0.25, -0.2) is 0 Å². The number of piperidine rings is 1. The maximum Gasteiger partial charge on any atom is 0.0592 e. The van der Waals surface area contributed by atoms with Crippen LogP contribution in [0.25, 0.3) is 0 Å². The molecule has 0 amide bonds. The summed E-state index contributed by atoms with van der Waals surface area (Å²) in [4.78, 5) is 0. The van der Waals surface area contributed by atoms with Crippen LogP contribution in [-0.4, -0.2) is 24.3 Å². The van der Waals surface area contributed by atoms with E-state index in [9.17, 15) is 5.11 Å². The lowest BCUT2D eigenvalue weighted by atomic mass is 9.91. The van der Waals surface area contributed by atoms with Crippen LogP contribution in [0.4, 0.5) is 0 Å². The first kappa shape index (κ1) is 11.0. The molecule has 1 saturated heterocycles. The van der Waals surface area contributed by atoms with Crippen molar-refractivity contribution in [3.63, 3.8) is 0 Å². The molecule has 0 spiro atoms. The van der Waals surface area contributed by atoms with Gasteiger partial charge in [0.05, 0.1) is 6.10 Å². The molecule has 0 aromatic heterocycles. The minimum Gasteiger partial charge on any atom is -0.393 e. The molecule has 2 atom stereocenters. The average Bonchev–Trinajstić information content (AvgIpc) is 2.15. The van der Waals surface area contributed by atoms with Gasteiger partial charge in [0.1, 0.15) is 0 Å². The molecule has 2 nitrogen and oxygen atoms in total. The van der Waals surface area contributed by atoms with Crippen molar-refractivity contribution in [2.24, 2.45) is 5.92 Å². The summed E-state index contributed by atoms with van der Waals surface area (Å²) in [6, 6.07) is 0. The van der Waals surface area contributed by atoms with E-state index in [1.165, 1.54) is 32.1 Å². The third kappa shape index (κ3) is 4.10. The summed E-state index contributed by atoms with van der Waals surface area (Å²) in [5.74, 6) is 0.519. The molecule has 0 radical (unpaired) electrons. The smallest absolute Gasteiger partial charge is 0.0592 e. The molecule has 1 fully saturated rings. The van der Waals surface area contributed by atoms with Gasteiger partial charge in [-0.1, -0.05) is 32.6 Å². The molecule has 13 heavy (non-hydrogen) atoms. The van der Waals surface area contributed by atoms with Crippen LogP contribution in [0.15, 0.2) is 0 Å². The minimum absolute atomic E-state index is 0.0390. The molecule has 1 rings (SSSR count). The van der Waals surface area contributed by atoms with Gasteiger partial charge in [-0.2, -0.15) is 0 Å². The van der Waals surface area contributed by atoms with Crippen LogP contribution >= 0.6 is 0 Å². The van der Waals surface area contributed by atoms with Crippen LogP contribution < -0.4 is 5.32 Å². The monoisotopic (exact) mass is 185 g/mol. The molecule has 2 N–H and O–H groups in total. The second kappa shape index (κ2) is 6.39. The predicted molar refractivity (Wildman–Crippen MR) is 55.7 cm³/mol. The maximum atomic E-state index is 9.69. The zero-order valence-corrected chi connectivity index (χ0v) is 8.76. The van der Waals surface area contributed by atoms with E-state index in [1.54, 1.807) is 0 Å². The highest BCUT2D eigenvalue weighted by atomic mass is 16.3. The normalized spacial score (nSPS) is 29.1. The van der Waals surface area contributed by atoms with Crippen LogP contribution in [0.5, 0.6) is 0 Å². The molecule has 0 aliphatic carbocycles. The van der Waals surface area contributed by atoms with Crippen molar-refractivity contribution >= 4 is 0 Å². The van der Waals surface area contributed by atoms with Crippen molar-refractivity contribution in [1.29, 1.82) is 0 Å². The number of unbranched alkanes of at least 4 members (excludes halogenated alkanes) is 3. The van der Waals surface area contributed by atoms with E-state index in [0.717, 1.165) is 19.5 Å². The largest absolute Gasteiger partial charge is 0.393 e. The SMILES string of the molecule is CCCCCCC1CNCCC1O. The van der Waals surface area contributed by atoms with E-state index < -0.39 is 0 Å². The summed E-state index contributed by atoms with van der Waals surface area (Å²) in [6.45, 7) is 4.25. The van der Waals surface area contributed by atoms with Crippen LogP contribution in [0.2, 0.25) is 0 Å². The molecule has 1 aliphatic rings. The Kier molecular flexibility index (Phi) is 5.40. The Morgan fingerprint density at radius 3 is 2.85 bits per heavy atom. The summed E-state index contributed by atoms with van der Waals surface area (Å²) in [5, 5.41) is 13.0. The third-order valence-corrected chi connectivity index (χ3v) is 3.00. The number of rotatable bonds is 5. The van der Waals surface area contributed by atoms with Crippen molar-refractivity contribution in [2.75, 3.05) is 13.1 Å². The average molecular weight is 185 g/mol. The third-order valence-electron chi connectivity index (χ3n) is 3.00. The van der Waals surface area contributed by atoms with Crippen LogP contribution in [0.3, 0.4) is 0 Å². The van der Waals surface area contributed by atoms with Gasteiger partial charge in [-0.3, -0.25) is 0 Å². The van der Waals surface area contributed by atoms with Crippen molar-refractivity contribution in [3.8, 4) is 0 Å². The Balaban J connectivity index is 2.05. The highest BCUT2D eigenvalue weighted by Crippen LogP contribution is 2.18. The lowest BCUT2D eigenvalue weighted by Gasteiger charge is -2.28. The van der Waals surface area contributed by atoms with Gasteiger partial charge < -0.3 is 10.4 Å². The summed E-state index contributed by atoms with van der Waals surface area (Å²) in [6.07, 6.45) is 7.37. The highest BCUT2D eigenvalue weighted by molar-refractivity contribution is 4.76. The van der Waals surface area contributed by atoms with Crippen LogP contribution in [0, 0.1) is 5.92 Å². The van der Waals surface area contributed by atoms with Crippen molar-refractivity contribution in [3.05, 3.63) is 0 Å². The first-order chi connectivity index (χ1) is 6.34. The van der Waals surface area contributed by atoms with Gasteiger partial charge >= 0.3 is 0 Å². The molecule has 0 aromatic carbocycles. The maximum absolute atomic E-state index is 9.69. The van der Waals surface area contributed by atoms with Crippen LogP contribution in [0.1, 0.15) is 45.4 Å². The fourth-order valence-electron chi connectivity index (χ4n) is 2.04. The van der Waals surface area contributed by atoms with E-state index in [2.05, 4.69) is 12.2 Å². The van der Waals surface area contributed by atoms with Gasteiger partial charge in [0.15, 0.2) is 0 Å². The highest BCUT2D eigenvalue weighted by Gasteiger charge is 2.21. The Hall–Kier alpha value is -0.0800. The van der Waals surface area contributed by atoms with E-state index in [1.807, 2.05) is 0 Å². The Labute approximate surface area is 81.7 Å². The van der Waals surface area contributed by atoms with E-state index in [4.69, 9.17) is 0 Å². The van der Waals surface area contributed by atoms with Gasteiger partial charge in [0.2, 0.25) is 0 Å². The topological polar surface area (TPSA) is 32.3 Å². The molecule has 0 saturated carbocycles. The summed E-state index contributed by atoms with van der Waals surface area (Å²) < 4.78 is 0. The minimum atomic E-state index is -0.0390. The van der Waals surface area contributed by atoms with Gasteiger partial charge in [0.25, 0.3) is 0 Å². The van der Waals surface area contributed by atoms with Gasteiger partial charge in [-0.05, 0) is 25.3 Å². The van der Waals surface area contributed by atoms with Crippen molar-refractivity contribution in [2.45, 2.75) is 51.6 Å². The first-order valence-electron chi connectivity index (χ1n) is 5.73. The zero-order chi connectivity index (χ0) is 9.52. The zero-order valence-electron chi connectivity index (χ0n) is 8.76. The fraction of sp³-hybridized carbons (Fsp3) is 1.00. The molecule has 2 heteroatoms. The number of aliphatic hydroxyl groups is 1. The molecule has 78 valence electrons. The fourth-order valence-corrected chi connectivity index (χ4v) is 2.04. The second-order valence-corrected chi connectivity index (χ2v) is 4.17. The molecule has 0 bridgehead atoms. The number of nitrogens with one attached hydrogen (secondary N) is 1. The van der Waals surface area contributed by atoms with E-state index in [-0.39, 0.29) is 6.10 Å². The van der Waals surface area contributed by atoms with Crippen molar-refractivity contribution < 1.29 is 5.11 Å². The molecular formula is C11H23NO. The second-order valence-electron chi connectivity index (χ2n) is 4.17. The number of hydrogen-bond donors (Lipinski definition) is 2. The predicted octanol–water partition coefficient (Wildman–Crippen LogP) is 1.93. The Bertz CT molecular complexity index is 127.